The molecule has 0 aliphatic rings. The van der Waals surface area contributed by atoms with Gasteiger partial charge in [0.25, 0.3) is 0 Å². The summed E-state index contributed by atoms with van der Waals surface area (Å²) in [6.07, 6.45) is 7.05. The topological polar surface area (TPSA) is 26.3 Å². The van der Waals surface area contributed by atoms with Crippen LogP contribution in [0.15, 0.2) is 24.3 Å². The molecule has 1 aromatic carbocycles. The van der Waals surface area contributed by atoms with Gasteiger partial charge in [0.15, 0.2) is 0 Å². The van der Waals surface area contributed by atoms with Gasteiger partial charge < -0.3 is 4.74 Å². The SMILES string of the molecule is CC(=O)OCCCCCCCc1cccc(C)c1. The monoisotopic (exact) mass is 248 g/mol. The first-order valence-corrected chi connectivity index (χ1v) is 6.87. The van der Waals surface area contributed by atoms with E-state index in [4.69, 9.17) is 4.74 Å². The summed E-state index contributed by atoms with van der Waals surface area (Å²) in [5.41, 5.74) is 2.78. The van der Waals surface area contributed by atoms with Crippen molar-refractivity contribution in [1.29, 1.82) is 0 Å². The maximum atomic E-state index is 10.5. The summed E-state index contributed by atoms with van der Waals surface area (Å²) < 4.78 is 4.89. The molecule has 0 unspecified atom stereocenters. The van der Waals surface area contributed by atoms with E-state index in [2.05, 4.69) is 31.2 Å². The van der Waals surface area contributed by atoms with Crippen molar-refractivity contribution in [2.24, 2.45) is 0 Å². The minimum absolute atomic E-state index is 0.172. The third kappa shape index (κ3) is 7.10. The number of benzene rings is 1. The third-order valence-electron chi connectivity index (χ3n) is 3.00. The van der Waals surface area contributed by atoms with E-state index in [0.29, 0.717) is 6.61 Å². The Hall–Kier alpha value is -1.31. The molecule has 2 heteroatoms. The summed E-state index contributed by atoms with van der Waals surface area (Å²) in [6.45, 7) is 4.17. The van der Waals surface area contributed by atoms with Crippen LogP contribution in [-0.2, 0) is 16.0 Å². The Morgan fingerprint density at radius 2 is 1.83 bits per heavy atom. The summed E-state index contributed by atoms with van der Waals surface area (Å²) >= 11 is 0. The first kappa shape index (κ1) is 14.7. The quantitative estimate of drug-likeness (QED) is 0.512. The molecule has 100 valence electrons. The van der Waals surface area contributed by atoms with Crippen LogP contribution < -0.4 is 0 Å². The first-order valence-electron chi connectivity index (χ1n) is 6.87. The number of hydrogen-bond donors (Lipinski definition) is 0. The summed E-state index contributed by atoms with van der Waals surface area (Å²) in [6, 6.07) is 8.73. The van der Waals surface area contributed by atoms with Crippen LogP contribution >= 0.6 is 0 Å². The van der Waals surface area contributed by atoms with Gasteiger partial charge in [0.05, 0.1) is 6.61 Å². The Balaban J connectivity index is 1.97. The fraction of sp³-hybridized carbons (Fsp3) is 0.562. The third-order valence-corrected chi connectivity index (χ3v) is 3.00. The van der Waals surface area contributed by atoms with Crippen LogP contribution in [0.2, 0.25) is 0 Å². The molecule has 18 heavy (non-hydrogen) atoms. The predicted octanol–water partition coefficient (Wildman–Crippen LogP) is 4.05. The van der Waals surface area contributed by atoms with E-state index in [-0.39, 0.29) is 5.97 Å². The molecule has 1 rings (SSSR count). The van der Waals surface area contributed by atoms with Crippen LogP contribution in [0.5, 0.6) is 0 Å². The summed E-state index contributed by atoms with van der Waals surface area (Å²) in [5, 5.41) is 0. The number of unbranched alkanes of at least 4 members (excludes halogenated alkanes) is 4. The highest BCUT2D eigenvalue weighted by Gasteiger charge is 1.96. The molecule has 0 aliphatic carbocycles. The molecule has 0 N–H and O–H groups in total. The number of rotatable bonds is 8. The molecule has 0 heterocycles. The Kier molecular flexibility index (Phi) is 7.16. The van der Waals surface area contributed by atoms with Crippen molar-refractivity contribution in [3.8, 4) is 0 Å². The number of aryl methyl sites for hydroxylation is 2. The van der Waals surface area contributed by atoms with Crippen LogP contribution in [0.25, 0.3) is 0 Å². The van der Waals surface area contributed by atoms with Crippen LogP contribution in [0, 0.1) is 6.92 Å². The Morgan fingerprint density at radius 3 is 2.56 bits per heavy atom. The lowest BCUT2D eigenvalue weighted by atomic mass is 10.0. The van der Waals surface area contributed by atoms with E-state index in [0.717, 1.165) is 12.8 Å². The fourth-order valence-corrected chi connectivity index (χ4v) is 2.05. The van der Waals surface area contributed by atoms with E-state index in [1.807, 2.05) is 0 Å². The molecule has 0 fully saturated rings. The van der Waals surface area contributed by atoms with Gasteiger partial charge >= 0.3 is 5.97 Å². The van der Waals surface area contributed by atoms with Crippen molar-refractivity contribution in [1.82, 2.24) is 0 Å². The summed E-state index contributed by atoms with van der Waals surface area (Å²) in [4.78, 5) is 10.5. The zero-order chi connectivity index (χ0) is 13.2. The van der Waals surface area contributed by atoms with Crippen molar-refractivity contribution < 1.29 is 9.53 Å². The second-order valence-electron chi connectivity index (χ2n) is 4.85. The number of carbonyl (C=O) groups is 1. The summed E-state index contributed by atoms with van der Waals surface area (Å²) in [5.74, 6) is -0.172. The van der Waals surface area contributed by atoms with Gasteiger partial charge in [-0.3, -0.25) is 4.79 Å². The predicted molar refractivity (Wildman–Crippen MR) is 74.6 cm³/mol. The van der Waals surface area contributed by atoms with Crippen molar-refractivity contribution in [3.05, 3.63) is 35.4 Å². The average molecular weight is 248 g/mol. The van der Waals surface area contributed by atoms with Crippen molar-refractivity contribution >= 4 is 5.97 Å². The van der Waals surface area contributed by atoms with E-state index in [1.165, 1.54) is 43.7 Å². The minimum atomic E-state index is -0.172. The molecule has 1 aromatic rings. The van der Waals surface area contributed by atoms with Gasteiger partial charge in [-0.1, -0.05) is 49.1 Å². The molecule has 0 amide bonds. The van der Waals surface area contributed by atoms with Crippen molar-refractivity contribution in [3.63, 3.8) is 0 Å². The number of carbonyl (C=O) groups excluding carboxylic acids is 1. The molecular formula is C16H24O2. The number of hydrogen-bond acceptors (Lipinski definition) is 2. The molecule has 0 saturated carbocycles. The molecule has 0 aliphatic heterocycles. The van der Waals surface area contributed by atoms with Crippen molar-refractivity contribution in [2.75, 3.05) is 6.61 Å². The van der Waals surface area contributed by atoms with Crippen LogP contribution in [0.1, 0.15) is 50.2 Å². The van der Waals surface area contributed by atoms with Gasteiger partial charge in [-0.25, -0.2) is 0 Å². The molecule has 0 spiro atoms. The van der Waals surface area contributed by atoms with Gasteiger partial charge in [0.1, 0.15) is 0 Å². The first-order chi connectivity index (χ1) is 8.68. The van der Waals surface area contributed by atoms with Crippen LogP contribution in [0.4, 0.5) is 0 Å². The van der Waals surface area contributed by atoms with Gasteiger partial charge in [-0.15, -0.1) is 0 Å². The van der Waals surface area contributed by atoms with Gasteiger partial charge in [-0.05, 0) is 31.7 Å². The maximum Gasteiger partial charge on any atom is 0.302 e. The highest BCUT2D eigenvalue weighted by atomic mass is 16.5. The zero-order valence-electron chi connectivity index (χ0n) is 11.6. The van der Waals surface area contributed by atoms with Crippen molar-refractivity contribution in [2.45, 2.75) is 52.4 Å². The molecule has 2 nitrogen and oxygen atoms in total. The molecule has 0 aromatic heterocycles. The lowest BCUT2D eigenvalue weighted by Crippen LogP contribution is -2.00. The zero-order valence-corrected chi connectivity index (χ0v) is 11.6. The standard InChI is InChI=1S/C16H24O2/c1-14-9-8-11-16(13-14)10-6-4-3-5-7-12-18-15(2)17/h8-9,11,13H,3-7,10,12H2,1-2H3. The second kappa shape index (κ2) is 8.73. The van der Waals surface area contributed by atoms with E-state index >= 15 is 0 Å². The molecule has 0 saturated heterocycles. The smallest absolute Gasteiger partial charge is 0.302 e. The van der Waals surface area contributed by atoms with Crippen LogP contribution in [0.3, 0.4) is 0 Å². The molecule has 0 radical (unpaired) electrons. The minimum Gasteiger partial charge on any atom is -0.466 e. The highest BCUT2D eigenvalue weighted by Crippen LogP contribution is 2.10. The van der Waals surface area contributed by atoms with E-state index in [1.54, 1.807) is 0 Å². The van der Waals surface area contributed by atoms with Gasteiger partial charge in [0, 0.05) is 6.92 Å². The Labute approximate surface area is 110 Å². The lowest BCUT2D eigenvalue weighted by Gasteiger charge is -2.04. The average Bonchev–Trinajstić information content (AvgIpc) is 2.32. The number of esters is 1. The molecule has 0 atom stereocenters. The Bertz CT molecular complexity index is 358. The molecular weight excluding hydrogens is 224 g/mol. The second-order valence-corrected chi connectivity index (χ2v) is 4.85. The van der Waals surface area contributed by atoms with Crippen LogP contribution in [-0.4, -0.2) is 12.6 Å². The normalized spacial score (nSPS) is 10.3. The Morgan fingerprint density at radius 1 is 1.11 bits per heavy atom. The highest BCUT2D eigenvalue weighted by molar-refractivity contribution is 5.65. The molecule has 0 bridgehead atoms. The van der Waals surface area contributed by atoms with E-state index in [9.17, 15) is 4.79 Å². The van der Waals surface area contributed by atoms with Gasteiger partial charge in [-0.2, -0.15) is 0 Å². The number of ether oxygens (including phenoxy) is 1. The largest absolute Gasteiger partial charge is 0.466 e. The van der Waals surface area contributed by atoms with E-state index < -0.39 is 0 Å². The lowest BCUT2D eigenvalue weighted by molar-refractivity contribution is -0.141. The fourth-order valence-electron chi connectivity index (χ4n) is 2.05. The summed E-state index contributed by atoms with van der Waals surface area (Å²) in [7, 11) is 0. The van der Waals surface area contributed by atoms with Gasteiger partial charge in [0.2, 0.25) is 0 Å². The maximum absolute atomic E-state index is 10.5.